The van der Waals surface area contributed by atoms with Gasteiger partial charge in [0.1, 0.15) is 0 Å². The number of alkyl halides is 3. The van der Waals surface area contributed by atoms with Gasteiger partial charge in [-0.1, -0.05) is 0 Å². The van der Waals surface area contributed by atoms with Gasteiger partial charge in [0.2, 0.25) is 0 Å². The molecule has 1 amide bonds. The fourth-order valence-electron chi connectivity index (χ4n) is 4.49. The minimum absolute atomic E-state index is 0.0223. The Morgan fingerprint density at radius 2 is 2.05 bits per heavy atom. The molecule has 1 aliphatic rings. The number of aliphatic carboxylic acids is 1. The summed E-state index contributed by atoms with van der Waals surface area (Å²) in [5.41, 5.74) is 2.13. The molecule has 0 saturated heterocycles. The second kappa shape index (κ2) is 10.5. The molecule has 1 aromatic carbocycles. The molecule has 4 heterocycles. The summed E-state index contributed by atoms with van der Waals surface area (Å²) in [6, 6.07) is 8.40. The van der Waals surface area contributed by atoms with Gasteiger partial charge in [-0.05, 0) is 0 Å². The minimum atomic E-state index is -2.05. The number of fused-ring (bicyclic) bond motifs is 2. The van der Waals surface area contributed by atoms with E-state index in [1.165, 1.54) is 18.2 Å². The number of hydrogen-bond acceptors (Lipinski definition) is 8. The first kappa shape index (κ1) is 25.7. The third-order valence-electron chi connectivity index (χ3n) is 6.38. The zero-order valence-electron chi connectivity index (χ0n) is 19.8. The number of carboxylic acids is 1. The Hall–Kier alpha value is -3.91. The van der Waals surface area contributed by atoms with Crippen molar-refractivity contribution in [3.05, 3.63) is 76.5 Å². The van der Waals surface area contributed by atoms with E-state index in [4.69, 9.17) is 4.42 Å². The number of furan rings is 1. The molecular weight excluding hydrogens is 609 g/mol. The van der Waals surface area contributed by atoms with Gasteiger partial charge in [0.25, 0.3) is 0 Å². The van der Waals surface area contributed by atoms with Gasteiger partial charge in [0.15, 0.2) is 6.29 Å². The summed E-state index contributed by atoms with van der Waals surface area (Å²) in [6.07, 6.45) is 2.32. The summed E-state index contributed by atoms with van der Waals surface area (Å²) in [6.45, 7) is 0. The van der Waals surface area contributed by atoms with E-state index in [1.807, 2.05) is 18.2 Å². The second-order valence-electron chi connectivity index (χ2n) is 8.82. The molecule has 6 N–H and O–H groups in total. The van der Waals surface area contributed by atoms with E-state index >= 15 is 0 Å². The number of aliphatic hydroxyl groups is 1. The number of pyridine rings is 1. The molecule has 1 unspecified atom stereocenters. The van der Waals surface area contributed by atoms with Gasteiger partial charge in [-0.2, -0.15) is 0 Å². The average molecular weight is 633 g/mol. The third kappa shape index (κ3) is 4.96. The number of benzene rings is 1. The summed E-state index contributed by atoms with van der Waals surface area (Å²) in [7, 11) is 0. The number of rotatable bonds is 8. The number of H-pyrrole nitrogens is 1. The number of carbonyl (C=O) groups is 3. The molecule has 38 heavy (non-hydrogen) atoms. The number of phenols is 2. The molecule has 12 heteroatoms. The number of carboxylic acid groups (broad SMARTS) is 1. The first-order valence-corrected chi connectivity index (χ1v) is 15.9. The van der Waals surface area contributed by atoms with Crippen molar-refractivity contribution in [2.24, 2.45) is 0 Å². The van der Waals surface area contributed by atoms with Gasteiger partial charge in [-0.25, -0.2) is 0 Å². The van der Waals surface area contributed by atoms with Crippen molar-refractivity contribution >= 4 is 49.0 Å². The van der Waals surface area contributed by atoms with Crippen molar-refractivity contribution in [2.45, 2.75) is 27.4 Å². The Kier molecular flexibility index (Phi) is 7.08. The van der Waals surface area contributed by atoms with Crippen molar-refractivity contribution in [1.82, 2.24) is 15.3 Å². The van der Waals surface area contributed by atoms with Gasteiger partial charge in [0.05, 0.1) is 0 Å². The monoisotopic (exact) mass is 633 g/mol. The van der Waals surface area contributed by atoms with Gasteiger partial charge in [0, 0.05) is 0 Å². The van der Waals surface area contributed by atoms with Crippen LogP contribution in [0.1, 0.15) is 47.6 Å². The Labute approximate surface area is 222 Å². The molecule has 5 rings (SSSR count). The number of carbonyl (C=O) groups excluding carboxylic acids is 2. The van der Waals surface area contributed by atoms with E-state index in [-0.39, 0.29) is 17.9 Å². The number of hydrogen-bond donors (Lipinski definition) is 6. The van der Waals surface area contributed by atoms with E-state index in [1.54, 1.807) is 6.20 Å². The Morgan fingerprint density at radius 1 is 1.24 bits per heavy atom. The van der Waals surface area contributed by atoms with Gasteiger partial charge in [-0.3, -0.25) is 4.79 Å². The molecule has 0 fully saturated rings. The molecule has 0 radical (unpaired) electrons. The van der Waals surface area contributed by atoms with Crippen LogP contribution in [0.15, 0.2) is 47.0 Å². The number of phenolic OH excluding ortho intramolecular Hbond substituents is 2. The average Bonchev–Trinajstić information content (AvgIpc) is 3.54. The molecule has 198 valence electrons. The molecule has 0 spiro atoms. The molecule has 3 aromatic heterocycles. The number of aldehydes is 1. The van der Waals surface area contributed by atoms with E-state index in [0.717, 1.165) is 5.39 Å². The van der Waals surface area contributed by atoms with Crippen molar-refractivity contribution in [2.75, 3.05) is 4.43 Å². The van der Waals surface area contributed by atoms with E-state index in [9.17, 15) is 34.8 Å². The number of aromatic nitrogens is 2. The summed E-state index contributed by atoms with van der Waals surface area (Å²) < 4.78 is 5.69. The first-order valence-electron chi connectivity index (χ1n) is 11.6. The van der Waals surface area contributed by atoms with E-state index < -0.39 is 58.9 Å². The van der Waals surface area contributed by atoms with Crippen molar-refractivity contribution in [1.29, 1.82) is 0 Å². The molecule has 0 bridgehead atoms. The van der Waals surface area contributed by atoms with Crippen LogP contribution in [0.5, 0.6) is 11.5 Å². The zero-order valence-corrected chi connectivity index (χ0v) is 22.0. The standard InChI is InChI=1S/C26H24IN3O8/c31-12-16-4-3-15(38-16)10-19(26(36)37)30-25(35)21-20(32)9-14-11-27(6-5-17(14)22(21)33)23(34)18-8-13-2-1-7-28-24(13)29-18/h1-4,7-9,12,19,23,32-34H,5-6,10-11H2,(H,28,29)(H,30,35)(H,36,37)/t19-,23?/m0/s1. The zero-order chi connectivity index (χ0) is 27.0. The second-order valence-corrected chi connectivity index (χ2v) is 14.7. The predicted octanol–water partition coefficient (Wildman–Crippen LogP) is 3.06. The van der Waals surface area contributed by atoms with Crippen LogP contribution in [0, 0.1) is 0 Å². The van der Waals surface area contributed by atoms with Gasteiger partial charge in [-0.15, -0.1) is 0 Å². The quantitative estimate of drug-likeness (QED) is 0.0964. The number of aliphatic hydroxyl groups excluding tert-OH is 1. The van der Waals surface area contributed by atoms with Crippen LogP contribution in [-0.4, -0.2) is 59.0 Å². The summed E-state index contributed by atoms with van der Waals surface area (Å²) >= 11 is -2.05. The molecule has 4 aromatic rings. The topological polar surface area (TPSA) is 186 Å². The number of halogens is 1. The van der Waals surface area contributed by atoms with E-state index in [0.29, 0.717) is 44.0 Å². The molecule has 0 saturated carbocycles. The normalized spacial score (nSPS) is 15.6. The van der Waals surface area contributed by atoms with Crippen LogP contribution in [0.4, 0.5) is 0 Å². The van der Waals surface area contributed by atoms with Crippen LogP contribution >= 0.6 is 19.8 Å². The Balaban J connectivity index is 1.34. The van der Waals surface area contributed by atoms with Crippen LogP contribution < -0.4 is 5.32 Å². The number of nitrogens with one attached hydrogen (secondary N) is 2. The Morgan fingerprint density at radius 3 is 2.76 bits per heavy atom. The summed E-state index contributed by atoms with van der Waals surface area (Å²) in [5.74, 6) is -2.98. The fourth-order valence-corrected chi connectivity index (χ4v) is 10.1. The number of aromatic hydroxyl groups is 2. The van der Waals surface area contributed by atoms with Crippen molar-refractivity contribution in [3.63, 3.8) is 0 Å². The number of aromatic amines is 1. The number of amides is 1. The summed E-state index contributed by atoms with van der Waals surface area (Å²) in [4.78, 5) is 43.0. The van der Waals surface area contributed by atoms with Crippen molar-refractivity contribution in [3.8, 4) is 11.5 Å². The van der Waals surface area contributed by atoms with Crippen LogP contribution in [0.2, 0.25) is 0 Å². The van der Waals surface area contributed by atoms with Crippen molar-refractivity contribution < 1.29 is 39.2 Å². The predicted molar refractivity (Wildman–Crippen MR) is 144 cm³/mol. The summed E-state index contributed by atoms with van der Waals surface area (Å²) in [5, 5.41) is 45.4. The molecular formula is C26H24IN3O8. The van der Waals surface area contributed by atoms with Gasteiger partial charge < -0.3 is 0 Å². The van der Waals surface area contributed by atoms with Crippen LogP contribution in [-0.2, 0) is 22.1 Å². The molecule has 11 nitrogen and oxygen atoms in total. The van der Waals surface area contributed by atoms with Crippen LogP contribution in [0.3, 0.4) is 0 Å². The maximum atomic E-state index is 13.0. The van der Waals surface area contributed by atoms with E-state index in [2.05, 4.69) is 15.3 Å². The SMILES string of the molecule is O=Cc1ccc(C[C@H](NC(=O)c2c(O)cc3c(c2O)CCI(C(O)c2cc4cccnc4[nH]2)C3)C(=O)O)o1. The van der Waals surface area contributed by atoms with Gasteiger partial charge >= 0.3 is 212 Å². The third-order valence-corrected chi connectivity index (χ3v) is 12.4. The first-order chi connectivity index (χ1) is 18.2. The number of nitrogens with zero attached hydrogens (tertiary/aromatic N) is 1. The molecule has 2 atom stereocenters. The Bertz CT molecular complexity index is 1510. The fraction of sp³-hybridized carbons (Fsp3) is 0.231. The molecule has 0 aliphatic carbocycles. The molecule has 1 aliphatic heterocycles. The van der Waals surface area contributed by atoms with Crippen LogP contribution in [0.25, 0.3) is 11.0 Å². The maximum absolute atomic E-state index is 13.0.